The van der Waals surface area contributed by atoms with Gasteiger partial charge >= 0.3 is 0 Å². The van der Waals surface area contributed by atoms with Crippen LogP contribution in [0.5, 0.6) is 17.2 Å². The summed E-state index contributed by atoms with van der Waals surface area (Å²) in [6.07, 6.45) is 0. The van der Waals surface area contributed by atoms with E-state index in [1.54, 1.807) is 66.7 Å². The monoisotopic (exact) mass is 443 g/mol. The van der Waals surface area contributed by atoms with Crippen molar-refractivity contribution in [3.8, 4) is 17.2 Å². The zero-order chi connectivity index (χ0) is 22.9. The van der Waals surface area contributed by atoms with E-state index >= 15 is 0 Å². The van der Waals surface area contributed by atoms with Gasteiger partial charge in [0.15, 0.2) is 11.5 Å². The fraction of sp³-hybridized carbons (Fsp3) is 0.154. The summed E-state index contributed by atoms with van der Waals surface area (Å²) in [5, 5.41) is 11.2. The molecule has 7 nitrogen and oxygen atoms in total. The first-order valence-electron chi connectivity index (χ1n) is 10.6. The number of nitrogens with zero attached hydrogens (tertiary/aromatic N) is 1. The number of hydrogen-bond acceptors (Lipinski definition) is 6. The van der Waals surface area contributed by atoms with Gasteiger partial charge in [-0.2, -0.15) is 0 Å². The fourth-order valence-electron chi connectivity index (χ4n) is 4.12. The maximum Gasteiger partial charge on any atom is 0.300 e. The molecule has 0 spiro atoms. The van der Waals surface area contributed by atoms with Crippen molar-refractivity contribution < 1.29 is 28.9 Å². The van der Waals surface area contributed by atoms with E-state index in [9.17, 15) is 14.7 Å². The zero-order valence-electron chi connectivity index (χ0n) is 17.9. The van der Waals surface area contributed by atoms with E-state index in [0.29, 0.717) is 40.7 Å². The van der Waals surface area contributed by atoms with Gasteiger partial charge in [-0.1, -0.05) is 30.3 Å². The molecule has 2 aliphatic heterocycles. The van der Waals surface area contributed by atoms with Crippen LogP contribution in [0.1, 0.15) is 24.1 Å². The Balaban J connectivity index is 1.67. The minimum atomic E-state index is -0.812. The Kier molecular flexibility index (Phi) is 5.22. The van der Waals surface area contributed by atoms with Crippen molar-refractivity contribution in [2.24, 2.45) is 0 Å². The highest BCUT2D eigenvalue weighted by atomic mass is 16.7. The first-order chi connectivity index (χ1) is 16.1. The second-order valence-corrected chi connectivity index (χ2v) is 7.57. The molecule has 3 aromatic carbocycles. The number of hydrogen-bond donors (Lipinski definition) is 1. The largest absolute Gasteiger partial charge is 0.507 e. The average molecular weight is 443 g/mol. The van der Waals surface area contributed by atoms with Crippen LogP contribution in [-0.4, -0.2) is 30.2 Å². The molecule has 0 aromatic heterocycles. The van der Waals surface area contributed by atoms with Crippen molar-refractivity contribution in [2.75, 3.05) is 18.3 Å². The first kappa shape index (κ1) is 20.6. The number of ether oxygens (including phenoxy) is 3. The number of aliphatic hydroxyl groups is 1. The van der Waals surface area contributed by atoms with Crippen LogP contribution in [0.4, 0.5) is 5.69 Å². The predicted molar refractivity (Wildman–Crippen MR) is 121 cm³/mol. The smallest absolute Gasteiger partial charge is 0.300 e. The van der Waals surface area contributed by atoms with E-state index in [2.05, 4.69) is 0 Å². The van der Waals surface area contributed by atoms with Gasteiger partial charge in [-0.05, 0) is 55.0 Å². The van der Waals surface area contributed by atoms with Gasteiger partial charge in [-0.15, -0.1) is 0 Å². The van der Waals surface area contributed by atoms with Gasteiger partial charge in [0.05, 0.1) is 18.2 Å². The van der Waals surface area contributed by atoms with Gasteiger partial charge in [0.1, 0.15) is 11.5 Å². The molecule has 0 saturated carbocycles. The predicted octanol–water partition coefficient (Wildman–Crippen LogP) is 4.44. The maximum absolute atomic E-state index is 13.2. The Morgan fingerprint density at radius 3 is 2.45 bits per heavy atom. The Hall–Kier alpha value is -4.26. The topological polar surface area (TPSA) is 85.3 Å². The van der Waals surface area contributed by atoms with Crippen molar-refractivity contribution in [1.29, 1.82) is 0 Å². The molecule has 5 rings (SSSR count). The van der Waals surface area contributed by atoms with Gasteiger partial charge in [0.2, 0.25) is 6.79 Å². The van der Waals surface area contributed by atoms with Crippen molar-refractivity contribution in [1.82, 2.24) is 0 Å². The summed E-state index contributed by atoms with van der Waals surface area (Å²) < 4.78 is 16.3. The molecule has 166 valence electrons. The Morgan fingerprint density at radius 2 is 1.73 bits per heavy atom. The molecule has 33 heavy (non-hydrogen) atoms. The van der Waals surface area contributed by atoms with Crippen LogP contribution in [-0.2, 0) is 9.59 Å². The summed E-state index contributed by atoms with van der Waals surface area (Å²) in [6.45, 7) is 2.50. The molecule has 2 aliphatic rings. The summed E-state index contributed by atoms with van der Waals surface area (Å²) in [5.74, 6) is -0.0405. The summed E-state index contributed by atoms with van der Waals surface area (Å²) >= 11 is 0. The zero-order valence-corrected chi connectivity index (χ0v) is 17.9. The lowest BCUT2D eigenvalue weighted by molar-refractivity contribution is -0.132. The molecule has 0 aliphatic carbocycles. The van der Waals surface area contributed by atoms with E-state index in [-0.39, 0.29) is 18.1 Å². The van der Waals surface area contributed by atoms with Gasteiger partial charge in [0.25, 0.3) is 11.7 Å². The number of rotatable bonds is 5. The molecule has 7 heteroatoms. The number of benzene rings is 3. The lowest BCUT2D eigenvalue weighted by atomic mass is 9.95. The number of para-hydroxylation sites is 1. The molecule has 3 aromatic rings. The molecule has 0 bridgehead atoms. The third-order valence-electron chi connectivity index (χ3n) is 5.63. The molecular formula is C26H21NO6. The van der Waals surface area contributed by atoms with Crippen LogP contribution in [0.2, 0.25) is 0 Å². The average Bonchev–Trinajstić information content (AvgIpc) is 3.42. The Bertz CT molecular complexity index is 1250. The van der Waals surface area contributed by atoms with Crippen LogP contribution in [0.3, 0.4) is 0 Å². The lowest BCUT2D eigenvalue weighted by Crippen LogP contribution is -2.29. The van der Waals surface area contributed by atoms with Crippen LogP contribution in [0.25, 0.3) is 5.76 Å². The number of Topliss-reactive ketones (excluding diaryl/α,β-unsaturated/α-hetero) is 1. The van der Waals surface area contributed by atoms with E-state index in [0.717, 1.165) is 0 Å². The quantitative estimate of drug-likeness (QED) is 0.357. The number of carbonyl (C=O) groups is 2. The van der Waals surface area contributed by atoms with Crippen LogP contribution in [0.15, 0.2) is 78.4 Å². The standard InChI is InChI=1S/C26H21NO6/c1-2-31-19-11-8-16(9-12-19)23-22(24(28)17-10-13-20-21(14-17)33-15-32-20)25(29)26(30)27(23)18-6-4-3-5-7-18/h3-14,23,28H,2,15H2,1H3/b24-22-. The van der Waals surface area contributed by atoms with Crippen molar-refractivity contribution in [3.63, 3.8) is 0 Å². The van der Waals surface area contributed by atoms with Gasteiger partial charge < -0.3 is 19.3 Å². The van der Waals surface area contributed by atoms with Gasteiger partial charge in [-0.25, -0.2) is 0 Å². The van der Waals surface area contributed by atoms with Crippen molar-refractivity contribution >= 4 is 23.1 Å². The lowest BCUT2D eigenvalue weighted by Gasteiger charge is -2.25. The van der Waals surface area contributed by atoms with E-state index < -0.39 is 17.7 Å². The maximum atomic E-state index is 13.2. The Labute approximate surface area is 190 Å². The molecule has 1 unspecified atom stereocenters. The molecule has 1 amide bonds. The number of amides is 1. The second-order valence-electron chi connectivity index (χ2n) is 7.57. The first-order valence-corrected chi connectivity index (χ1v) is 10.6. The highest BCUT2D eigenvalue weighted by Crippen LogP contribution is 2.43. The van der Waals surface area contributed by atoms with Crippen molar-refractivity contribution in [3.05, 3.63) is 89.5 Å². The second kappa shape index (κ2) is 8.35. The Morgan fingerprint density at radius 1 is 1.00 bits per heavy atom. The number of fused-ring (bicyclic) bond motifs is 1. The summed E-state index contributed by atoms with van der Waals surface area (Å²) in [4.78, 5) is 27.8. The van der Waals surface area contributed by atoms with Crippen LogP contribution >= 0.6 is 0 Å². The van der Waals surface area contributed by atoms with E-state index in [1.165, 1.54) is 4.90 Å². The van der Waals surface area contributed by atoms with Gasteiger partial charge in [0, 0.05) is 11.3 Å². The summed E-state index contributed by atoms with van der Waals surface area (Å²) in [6, 6.07) is 20.2. The fourth-order valence-corrected chi connectivity index (χ4v) is 4.12. The van der Waals surface area contributed by atoms with Gasteiger partial charge in [-0.3, -0.25) is 14.5 Å². The molecule has 1 atom stereocenters. The highest BCUT2D eigenvalue weighted by Gasteiger charge is 2.47. The van der Waals surface area contributed by atoms with Crippen molar-refractivity contribution in [2.45, 2.75) is 13.0 Å². The highest BCUT2D eigenvalue weighted by molar-refractivity contribution is 6.51. The SMILES string of the molecule is CCOc1ccc(C2/C(=C(/O)c3ccc4c(c3)OCO4)C(=O)C(=O)N2c2ccccc2)cc1. The summed E-state index contributed by atoms with van der Waals surface area (Å²) in [5.41, 5.74) is 1.60. The third kappa shape index (κ3) is 3.57. The van der Waals surface area contributed by atoms with E-state index in [1.807, 2.05) is 13.0 Å². The minimum Gasteiger partial charge on any atom is -0.507 e. The van der Waals surface area contributed by atoms with E-state index in [4.69, 9.17) is 14.2 Å². The number of anilines is 1. The normalized spacial score (nSPS) is 18.6. The molecule has 1 N–H and O–H groups in total. The molecule has 0 radical (unpaired) electrons. The molecular weight excluding hydrogens is 422 g/mol. The number of aliphatic hydroxyl groups excluding tert-OH is 1. The third-order valence-corrected chi connectivity index (χ3v) is 5.63. The molecule has 2 heterocycles. The van der Waals surface area contributed by atoms with Crippen LogP contribution in [0, 0.1) is 0 Å². The number of ketones is 1. The minimum absolute atomic E-state index is 0.00637. The molecule has 1 saturated heterocycles. The molecule has 1 fully saturated rings. The number of carbonyl (C=O) groups excluding carboxylic acids is 2. The summed E-state index contributed by atoms with van der Waals surface area (Å²) in [7, 11) is 0. The van der Waals surface area contributed by atoms with Crippen LogP contribution < -0.4 is 19.1 Å².